The highest BCUT2D eigenvalue weighted by molar-refractivity contribution is 9.10. The second-order valence-electron chi connectivity index (χ2n) is 4.18. The Morgan fingerprint density at radius 2 is 1.94 bits per heavy atom. The van der Waals surface area contributed by atoms with Crippen LogP contribution in [-0.2, 0) is 0 Å². The minimum Gasteiger partial charge on any atom is -0.397 e. The Balaban J connectivity index is 2.37. The zero-order valence-electron chi connectivity index (χ0n) is 10.5. The van der Waals surface area contributed by atoms with E-state index in [0.717, 1.165) is 25.8 Å². The first-order valence-corrected chi connectivity index (χ1v) is 7.12. The van der Waals surface area contributed by atoms with Gasteiger partial charge < -0.3 is 5.73 Å². The molecule has 0 amide bonds. The van der Waals surface area contributed by atoms with Gasteiger partial charge in [0.15, 0.2) is 0 Å². The van der Waals surface area contributed by atoms with E-state index in [1.165, 1.54) is 5.56 Å². The van der Waals surface area contributed by atoms with Gasteiger partial charge in [-0.15, -0.1) is 0 Å². The number of hydrogen-bond donors (Lipinski definition) is 1. The Morgan fingerprint density at radius 3 is 2.61 bits per heavy atom. The second kappa shape index (κ2) is 5.28. The molecule has 0 saturated carbocycles. The molecule has 94 valence electrons. The molecule has 18 heavy (non-hydrogen) atoms. The standard InChI is InChI=1S/C13H14BrN3S/c1-7-4-8(2)17-11(5-7)18-13-12(14)9(3)10(15)6-16-13/h4-6H,15H2,1-3H3. The van der Waals surface area contributed by atoms with Crippen LogP contribution in [0.4, 0.5) is 5.69 Å². The van der Waals surface area contributed by atoms with Gasteiger partial charge in [0.2, 0.25) is 0 Å². The van der Waals surface area contributed by atoms with Crippen LogP contribution in [0.3, 0.4) is 0 Å². The fourth-order valence-corrected chi connectivity index (χ4v) is 3.15. The molecule has 0 bridgehead atoms. The first-order chi connectivity index (χ1) is 8.47. The molecule has 5 heteroatoms. The fourth-order valence-electron chi connectivity index (χ4n) is 1.60. The van der Waals surface area contributed by atoms with E-state index in [2.05, 4.69) is 45.0 Å². The summed E-state index contributed by atoms with van der Waals surface area (Å²) in [5.74, 6) is 0. The Kier molecular flexibility index (Phi) is 3.92. The van der Waals surface area contributed by atoms with Crippen LogP contribution < -0.4 is 5.73 Å². The molecule has 0 atom stereocenters. The molecule has 0 saturated heterocycles. The summed E-state index contributed by atoms with van der Waals surface area (Å²) in [5, 5.41) is 1.84. The molecular formula is C13H14BrN3S. The zero-order chi connectivity index (χ0) is 13.3. The van der Waals surface area contributed by atoms with Gasteiger partial charge in [0, 0.05) is 5.69 Å². The average Bonchev–Trinajstić information content (AvgIpc) is 2.29. The highest BCUT2D eigenvalue weighted by Gasteiger charge is 2.10. The van der Waals surface area contributed by atoms with Gasteiger partial charge in [-0.05, 0) is 71.7 Å². The lowest BCUT2D eigenvalue weighted by Crippen LogP contribution is -1.95. The third kappa shape index (κ3) is 2.84. The zero-order valence-corrected chi connectivity index (χ0v) is 12.9. The predicted molar refractivity (Wildman–Crippen MR) is 78.9 cm³/mol. The van der Waals surface area contributed by atoms with E-state index in [9.17, 15) is 0 Å². The quantitative estimate of drug-likeness (QED) is 0.910. The molecule has 2 rings (SSSR count). The van der Waals surface area contributed by atoms with Crippen molar-refractivity contribution in [2.75, 3.05) is 5.73 Å². The van der Waals surface area contributed by atoms with Crippen LogP contribution in [0.15, 0.2) is 32.9 Å². The van der Waals surface area contributed by atoms with Crippen molar-refractivity contribution in [2.24, 2.45) is 0 Å². The molecule has 2 aromatic heterocycles. The largest absolute Gasteiger partial charge is 0.397 e. The molecular weight excluding hydrogens is 310 g/mol. The molecule has 0 aliphatic heterocycles. The van der Waals surface area contributed by atoms with Gasteiger partial charge in [0.25, 0.3) is 0 Å². The number of aryl methyl sites for hydroxylation is 2. The number of nitrogens with two attached hydrogens (primary N) is 1. The highest BCUT2D eigenvalue weighted by atomic mass is 79.9. The van der Waals surface area contributed by atoms with E-state index in [1.807, 2.05) is 13.8 Å². The maximum absolute atomic E-state index is 5.81. The number of pyridine rings is 2. The smallest absolute Gasteiger partial charge is 0.117 e. The maximum Gasteiger partial charge on any atom is 0.117 e. The lowest BCUT2D eigenvalue weighted by molar-refractivity contribution is 1.03. The first-order valence-electron chi connectivity index (χ1n) is 5.51. The normalized spacial score (nSPS) is 10.7. The van der Waals surface area contributed by atoms with Gasteiger partial charge in [-0.1, -0.05) is 0 Å². The molecule has 0 radical (unpaired) electrons. The molecule has 2 heterocycles. The monoisotopic (exact) mass is 323 g/mol. The predicted octanol–water partition coefficient (Wildman–Crippen LogP) is 3.90. The molecule has 2 N–H and O–H groups in total. The Bertz CT molecular complexity index is 579. The van der Waals surface area contributed by atoms with Crippen molar-refractivity contribution in [3.8, 4) is 0 Å². The molecule has 0 aromatic carbocycles. The number of hydrogen-bond acceptors (Lipinski definition) is 4. The highest BCUT2D eigenvalue weighted by Crippen LogP contribution is 2.34. The van der Waals surface area contributed by atoms with Crippen molar-refractivity contribution in [2.45, 2.75) is 30.8 Å². The van der Waals surface area contributed by atoms with Crippen molar-refractivity contribution < 1.29 is 0 Å². The summed E-state index contributed by atoms with van der Waals surface area (Å²) in [7, 11) is 0. The van der Waals surface area contributed by atoms with E-state index in [4.69, 9.17) is 5.73 Å². The fraction of sp³-hybridized carbons (Fsp3) is 0.231. The second-order valence-corrected chi connectivity index (χ2v) is 5.99. The van der Waals surface area contributed by atoms with Crippen molar-refractivity contribution in [1.29, 1.82) is 0 Å². The SMILES string of the molecule is Cc1cc(C)nc(Sc2ncc(N)c(C)c2Br)c1. The van der Waals surface area contributed by atoms with Crippen molar-refractivity contribution in [1.82, 2.24) is 9.97 Å². The van der Waals surface area contributed by atoms with Crippen LogP contribution >= 0.6 is 27.7 Å². The van der Waals surface area contributed by atoms with E-state index in [0.29, 0.717) is 5.69 Å². The summed E-state index contributed by atoms with van der Waals surface area (Å²) >= 11 is 5.08. The number of nitrogens with zero attached hydrogens (tertiary/aromatic N) is 2. The van der Waals surface area contributed by atoms with Crippen LogP contribution in [0.25, 0.3) is 0 Å². The van der Waals surface area contributed by atoms with E-state index < -0.39 is 0 Å². The topological polar surface area (TPSA) is 51.8 Å². The number of halogens is 1. The summed E-state index contributed by atoms with van der Waals surface area (Å²) < 4.78 is 0.938. The summed E-state index contributed by atoms with van der Waals surface area (Å²) in [6, 6.07) is 4.11. The van der Waals surface area contributed by atoms with Crippen molar-refractivity contribution in [3.63, 3.8) is 0 Å². The van der Waals surface area contributed by atoms with Crippen LogP contribution in [0.5, 0.6) is 0 Å². The number of nitrogen functional groups attached to an aromatic ring is 1. The van der Waals surface area contributed by atoms with Gasteiger partial charge in [0.1, 0.15) is 10.1 Å². The average molecular weight is 324 g/mol. The van der Waals surface area contributed by atoms with Gasteiger partial charge in [-0.2, -0.15) is 0 Å². The van der Waals surface area contributed by atoms with Crippen LogP contribution in [0, 0.1) is 20.8 Å². The van der Waals surface area contributed by atoms with E-state index >= 15 is 0 Å². The lowest BCUT2D eigenvalue weighted by Gasteiger charge is -2.08. The molecule has 0 aliphatic carbocycles. The van der Waals surface area contributed by atoms with Gasteiger partial charge >= 0.3 is 0 Å². The van der Waals surface area contributed by atoms with E-state index in [-0.39, 0.29) is 0 Å². The van der Waals surface area contributed by atoms with Crippen LogP contribution in [0.1, 0.15) is 16.8 Å². The summed E-state index contributed by atoms with van der Waals surface area (Å²) in [5.41, 5.74) is 9.74. The molecule has 3 nitrogen and oxygen atoms in total. The van der Waals surface area contributed by atoms with Gasteiger partial charge in [-0.3, -0.25) is 0 Å². The van der Waals surface area contributed by atoms with Crippen molar-refractivity contribution >= 4 is 33.4 Å². The van der Waals surface area contributed by atoms with Crippen molar-refractivity contribution in [3.05, 3.63) is 39.6 Å². The molecule has 0 aliphatic rings. The molecule has 0 unspecified atom stereocenters. The van der Waals surface area contributed by atoms with Crippen LogP contribution in [0.2, 0.25) is 0 Å². The summed E-state index contributed by atoms with van der Waals surface area (Å²) in [6.45, 7) is 6.03. The third-order valence-corrected chi connectivity index (χ3v) is 4.70. The first kappa shape index (κ1) is 13.4. The Hall–Kier alpha value is -1.07. The van der Waals surface area contributed by atoms with Crippen LogP contribution in [-0.4, -0.2) is 9.97 Å². The molecule has 0 spiro atoms. The summed E-state index contributed by atoms with van der Waals surface area (Å²) in [6.07, 6.45) is 1.69. The molecule has 2 aromatic rings. The third-order valence-electron chi connectivity index (χ3n) is 2.55. The number of rotatable bonds is 2. The Labute approximate surface area is 119 Å². The lowest BCUT2D eigenvalue weighted by atomic mass is 10.2. The minimum absolute atomic E-state index is 0.694. The maximum atomic E-state index is 5.81. The Morgan fingerprint density at radius 1 is 1.22 bits per heavy atom. The van der Waals surface area contributed by atoms with E-state index in [1.54, 1.807) is 18.0 Å². The number of aromatic nitrogens is 2. The molecule has 0 fully saturated rings. The summed E-state index contributed by atoms with van der Waals surface area (Å²) in [4.78, 5) is 8.84. The van der Waals surface area contributed by atoms with Gasteiger partial charge in [-0.25, -0.2) is 9.97 Å². The van der Waals surface area contributed by atoms with Gasteiger partial charge in [0.05, 0.1) is 16.4 Å². The minimum atomic E-state index is 0.694. The number of anilines is 1.